The van der Waals surface area contributed by atoms with Gasteiger partial charge in [-0.05, 0) is 37.3 Å². The summed E-state index contributed by atoms with van der Waals surface area (Å²) in [5.74, 6) is 0. The van der Waals surface area contributed by atoms with Crippen LogP contribution in [-0.4, -0.2) is 68.1 Å². The van der Waals surface area contributed by atoms with Crippen molar-refractivity contribution in [1.29, 1.82) is 0 Å². The molecule has 0 fully saturated rings. The fraction of sp³-hybridized carbons (Fsp3) is 0.941. The van der Waals surface area contributed by atoms with E-state index in [9.17, 15) is 5.11 Å². The molecule has 0 saturated carbocycles. The summed E-state index contributed by atoms with van der Waals surface area (Å²) in [6.07, 6.45) is 38.8. The van der Waals surface area contributed by atoms with Gasteiger partial charge in [0.2, 0.25) is 0 Å². The van der Waals surface area contributed by atoms with Crippen LogP contribution >= 0.6 is 24.4 Å². The van der Waals surface area contributed by atoms with Gasteiger partial charge in [0.05, 0.1) is 0 Å². The summed E-state index contributed by atoms with van der Waals surface area (Å²) in [5, 5.41) is 17.1. The quantitative estimate of drug-likeness (QED) is 0.0418. The summed E-state index contributed by atoms with van der Waals surface area (Å²) in [7, 11) is 0. The maximum atomic E-state index is 9.88. The number of aliphatic hydroxyl groups excluding tert-OH is 2. The van der Waals surface area contributed by atoms with Crippen molar-refractivity contribution in [2.75, 3.05) is 13.1 Å². The zero-order valence-electron chi connectivity index (χ0n) is 26.9. The SMILES string of the molecule is CCCCCCCCCCCCCCCCN(CCCCCCCCCCCCCCCC)C(O)=S.NC(O)=S.[NaH]. The maximum absolute atomic E-state index is 9.88. The van der Waals surface area contributed by atoms with Crippen molar-refractivity contribution in [3.05, 3.63) is 0 Å². The van der Waals surface area contributed by atoms with E-state index in [0.29, 0.717) is 0 Å². The Kier molecular flexibility index (Phi) is 45.1. The predicted octanol–water partition coefficient (Wildman–Crippen LogP) is 11.2. The molecule has 0 saturated heterocycles. The normalized spacial score (nSPS) is 10.5. The molecule has 242 valence electrons. The van der Waals surface area contributed by atoms with Crippen LogP contribution in [0.2, 0.25) is 0 Å². The summed E-state index contributed by atoms with van der Waals surface area (Å²) in [5.41, 5.74) is 4.40. The van der Waals surface area contributed by atoms with Gasteiger partial charge in [0.25, 0.3) is 10.3 Å². The molecule has 0 atom stereocenters. The van der Waals surface area contributed by atoms with Gasteiger partial charge in [-0.3, -0.25) is 0 Å². The molecule has 4 nitrogen and oxygen atoms in total. The van der Waals surface area contributed by atoms with Crippen molar-refractivity contribution >= 4 is 64.3 Å². The number of rotatable bonds is 30. The Balaban J connectivity index is -0.00000269. The average molecular weight is 627 g/mol. The molecule has 0 aromatic carbocycles. The van der Waals surface area contributed by atoms with E-state index in [1.54, 1.807) is 0 Å². The summed E-state index contributed by atoms with van der Waals surface area (Å²) < 4.78 is 0. The van der Waals surface area contributed by atoms with E-state index in [2.05, 4.69) is 31.8 Å². The first-order chi connectivity index (χ1) is 19.5. The molecule has 4 N–H and O–H groups in total. The van der Waals surface area contributed by atoms with Crippen molar-refractivity contribution in [2.45, 2.75) is 194 Å². The Morgan fingerprint density at radius 3 is 0.780 bits per heavy atom. The van der Waals surface area contributed by atoms with Gasteiger partial charge >= 0.3 is 29.6 Å². The van der Waals surface area contributed by atoms with E-state index in [1.807, 2.05) is 4.90 Å². The van der Waals surface area contributed by atoms with Crippen LogP contribution in [0.1, 0.15) is 194 Å². The Morgan fingerprint density at radius 2 is 0.610 bits per heavy atom. The van der Waals surface area contributed by atoms with Crippen LogP contribution in [0.3, 0.4) is 0 Å². The predicted molar refractivity (Wildman–Crippen MR) is 194 cm³/mol. The van der Waals surface area contributed by atoms with Crippen LogP contribution in [0.25, 0.3) is 0 Å². The van der Waals surface area contributed by atoms with Crippen LogP contribution < -0.4 is 5.73 Å². The second-order valence-corrected chi connectivity index (χ2v) is 12.6. The van der Waals surface area contributed by atoms with Crippen molar-refractivity contribution in [3.63, 3.8) is 0 Å². The number of nitrogens with zero attached hydrogens (tertiary/aromatic N) is 1. The Morgan fingerprint density at radius 1 is 0.439 bits per heavy atom. The molecule has 0 spiro atoms. The molecule has 0 rings (SSSR count). The molecular weight excluding hydrogens is 556 g/mol. The average Bonchev–Trinajstić information content (AvgIpc) is 2.91. The van der Waals surface area contributed by atoms with Crippen molar-refractivity contribution in [3.8, 4) is 0 Å². The Hall–Kier alpha value is 0.380. The number of aliphatic hydroxyl groups is 2. The molecule has 0 bridgehead atoms. The van der Waals surface area contributed by atoms with E-state index in [1.165, 1.54) is 167 Å². The summed E-state index contributed by atoms with van der Waals surface area (Å²) in [4.78, 5) is 2.04. The third-order valence-electron chi connectivity index (χ3n) is 7.83. The first-order valence-electron chi connectivity index (χ1n) is 17.4. The van der Waals surface area contributed by atoms with E-state index in [-0.39, 0.29) is 34.7 Å². The van der Waals surface area contributed by atoms with Crippen LogP contribution in [-0.2, 0) is 0 Å². The Labute approximate surface area is 290 Å². The first kappa shape index (κ1) is 45.8. The van der Waals surface area contributed by atoms with Crippen molar-refractivity contribution in [1.82, 2.24) is 4.90 Å². The molecule has 0 aliphatic heterocycles. The number of hydrogen-bond acceptors (Lipinski definition) is 2. The van der Waals surface area contributed by atoms with E-state index in [4.69, 9.17) is 17.3 Å². The monoisotopic (exact) mass is 626 g/mol. The zero-order chi connectivity index (χ0) is 29.9. The van der Waals surface area contributed by atoms with E-state index < -0.39 is 5.17 Å². The van der Waals surface area contributed by atoms with E-state index in [0.717, 1.165) is 25.9 Å². The van der Waals surface area contributed by atoms with Crippen molar-refractivity contribution in [2.24, 2.45) is 5.73 Å². The van der Waals surface area contributed by atoms with Gasteiger partial charge in [-0.15, -0.1) is 0 Å². The third kappa shape index (κ3) is 44.9. The molecule has 0 aromatic heterocycles. The topological polar surface area (TPSA) is 69.7 Å². The molecule has 0 radical (unpaired) electrons. The summed E-state index contributed by atoms with van der Waals surface area (Å²) in [6, 6.07) is 0. The first-order valence-corrected chi connectivity index (χ1v) is 18.2. The number of thiocarbonyl (C=S) groups is 2. The van der Waals surface area contributed by atoms with Gasteiger partial charge in [0.1, 0.15) is 0 Å². The summed E-state index contributed by atoms with van der Waals surface area (Å²) in [6.45, 7) is 6.45. The van der Waals surface area contributed by atoms with Crippen LogP contribution in [0, 0.1) is 0 Å². The molecule has 0 amide bonds. The fourth-order valence-electron chi connectivity index (χ4n) is 5.30. The van der Waals surface area contributed by atoms with E-state index >= 15 is 0 Å². The second-order valence-electron chi connectivity index (χ2n) is 11.8. The minimum atomic E-state index is -0.500. The fourth-order valence-corrected chi connectivity index (χ4v) is 5.48. The minimum absolute atomic E-state index is 0. The van der Waals surface area contributed by atoms with Gasteiger partial charge in [0, 0.05) is 13.1 Å². The van der Waals surface area contributed by atoms with Gasteiger partial charge in [-0.25, -0.2) is 0 Å². The van der Waals surface area contributed by atoms with Crippen LogP contribution in [0.15, 0.2) is 0 Å². The molecule has 7 heteroatoms. The number of unbranched alkanes of at least 4 members (excludes halogenated alkanes) is 26. The number of hydrogen-bond donors (Lipinski definition) is 3. The number of nitrogens with two attached hydrogens (primary N) is 1. The second kappa shape index (κ2) is 40.4. The van der Waals surface area contributed by atoms with Crippen LogP contribution in [0.5, 0.6) is 0 Å². The van der Waals surface area contributed by atoms with Gasteiger partial charge in [-0.1, -0.05) is 181 Å². The molecule has 0 aromatic rings. The van der Waals surface area contributed by atoms with Crippen molar-refractivity contribution < 1.29 is 10.2 Å². The molecule has 0 unspecified atom stereocenters. The van der Waals surface area contributed by atoms with Gasteiger partial charge in [-0.2, -0.15) is 0 Å². The zero-order valence-corrected chi connectivity index (χ0v) is 28.6. The standard InChI is InChI=1S/C33H67NOS.CH3NOS.Na.H/c1-3-5-7-9-11-13-15-17-19-21-23-25-27-29-31-34(33(35)36)32-30-28-26-24-22-20-18-16-14-12-10-8-6-4-2;2-1(3)4;;/h3-32H2,1-2H3,(H,35,36);(H3,2,3,4);;. The summed E-state index contributed by atoms with van der Waals surface area (Å²) >= 11 is 8.97. The Bertz CT molecular complexity index is 491. The third-order valence-corrected chi connectivity index (χ3v) is 8.09. The molecule has 0 aliphatic carbocycles. The van der Waals surface area contributed by atoms with Gasteiger partial charge < -0.3 is 20.8 Å². The molecule has 0 heterocycles. The van der Waals surface area contributed by atoms with Crippen LogP contribution in [0.4, 0.5) is 0 Å². The molecular formula is C34H71N2NaO2S2. The molecule has 0 aliphatic rings. The van der Waals surface area contributed by atoms with Gasteiger partial charge in [0.15, 0.2) is 0 Å². The molecule has 41 heavy (non-hydrogen) atoms.